The summed E-state index contributed by atoms with van der Waals surface area (Å²) in [6, 6.07) is 3.74. The van der Waals surface area contributed by atoms with E-state index in [-0.39, 0.29) is 48.5 Å². The smallest absolute Gasteiger partial charge is 0.326 e. The minimum absolute atomic E-state index is 0.0447. The van der Waals surface area contributed by atoms with E-state index in [2.05, 4.69) is 41.2 Å². The molecule has 16 heteroatoms. The number of carboxylic acid groups (broad SMARTS) is 2. The number of carbonyl (C=O) groups excluding carboxylic acids is 2. The third-order valence-electron chi connectivity index (χ3n) is 6.35. The average Bonchev–Trinajstić information content (AvgIpc) is 2.97. The van der Waals surface area contributed by atoms with Crippen molar-refractivity contribution in [3.8, 4) is 0 Å². The quantitative estimate of drug-likeness (QED) is 0.0970. The number of aliphatic carboxylic acids is 2. The van der Waals surface area contributed by atoms with E-state index in [0.717, 1.165) is 19.5 Å². The highest BCUT2D eigenvalue weighted by Gasteiger charge is 2.24. The van der Waals surface area contributed by atoms with Crippen LogP contribution in [0, 0.1) is 0 Å². The van der Waals surface area contributed by atoms with E-state index >= 15 is 0 Å². The van der Waals surface area contributed by atoms with E-state index in [9.17, 15) is 34.2 Å². The molecule has 0 spiro atoms. The summed E-state index contributed by atoms with van der Waals surface area (Å²) < 4.78 is 0. The van der Waals surface area contributed by atoms with E-state index in [4.69, 9.17) is 5.73 Å². The molecule has 2 atom stereocenters. The lowest BCUT2D eigenvalue weighted by atomic mass is 10.1. The molecule has 3 rings (SSSR count). The lowest BCUT2D eigenvalue weighted by Gasteiger charge is -2.17. The van der Waals surface area contributed by atoms with Crippen LogP contribution in [0.3, 0.4) is 0 Å². The zero-order valence-corrected chi connectivity index (χ0v) is 23.6. The lowest BCUT2D eigenvalue weighted by molar-refractivity contribution is -0.142. The van der Waals surface area contributed by atoms with Crippen molar-refractivity contribution in [2.45, 2.75) is 57.7 Å². The van der Waals surface area contributed by atoms with E-state index < -0.39 is 41.4 Å². The third kappa shape index (κ3) is 10.0. The van der Waals surface area contributed by atoms with Gasteiger partial charge < -0.3 is 37.2 Å². The highest BCUT2D eigenvalue weighted by molar-refractivity contribution is 5.97. The number of hydrogen-bond acceptors (Lipinski definition) is 11. The van der Waals surface area contributed by atoms with E-state index in [1.807, 2.05) is 6.92 Å². The van der Waals surface area contributed by atoms with Crippen LogP contribution in [-0.2, 0) is 20.9 Å². The zero-order valence-electron chi connectivity index (χ0n) is 23.6. The molecule has 0 radical (unpaired) electrons. The van der Waals surface area contributed by atoms with Gasteiger partial charge >= 0.3 is 11.9 Å². The van der Waals surface area contributed by atoms with Crippen molar-refractivity contribution >= 4 is 46.6 Å². The van der Waals surface area contributed by atoms with Gasteiger partial charge in [-0.1, -0.05) is 6.92 Å². The van der Waals surface area contributed by atoms with Crippen LogP contribution in [0.25, 0.3) is 11.2 Å². The Morgan fingerprint density at radius 2 is 1.67 bits per heavy atom. The summed E-state index contributed by atoms with van der Waals surface area (Å²) in [6.45, 7) is 3.73. The number of nitrogens with zero attached hydrogens (tertiary/aromatic N) is 3. The molecule has 230 valence electrons. The molecule has 9 N–H and O–H groups in total. The SMILES string of the molecule is CCNCCCCC(NC(=O)CCC(NC(=O)c1ccc(NCc2cnc3nc(N)[nH]c(=O)c3n2)cc1)C(=O)O)C(=O)O. The maximum Gasteiger partial charge on any atom is 0.326 e. The second-order valence-corrected chi connectivity index (χ2v) is 9.63. The van der Waals surface area contributed by atoms with Crippen LogP contribution in [0.2, 0.25) is 0 Å². The molecule has 0 aliphatic heterocycles. The fourth-order valence-electron chi connectivity index (χ4n) is 4.06. The Bertz CT molecular complexity index is 1490. The van der Waals surface area contributed by atoms with Gasteiger partial charge in [-0.25, -0.2) is 19.6 Å². The Kier molecular flexibility index (Phi) is 11.9. The van der Waals surface area contributed by atoms with Crippen molar-refractivity contribution in [3.05, 3.63) is 52.1 Å². The molecular formula is C27H35N9O7. The number of nitrogens with two attached hydrogens (primary N) is 1. The second kappa shape index (κ2) is 15.8. The number of aromatic nitrogens is 4. The fraction of sp³-hybridized carbons (Fsp3) is 0.407. The van der Waals surface area contributed by atoms with Crippen molar-refractivity contribution in [2.75, 3.05) is 24.1 Å². The van der Waals surface area contributed by atoms with Crippen LogP contribution < -0.4 is 32.6 Å². The summed E-state index contributed by atoms with van der Waals surface area (Å²) in [7, 11) is 0. The van der Waals surface area contributed by atoms with E-state index in [1.165, 1.54) is 18.3 Å². The number of carbonyl (C=O) groups is 4. The van der Waals surface area contributed by atoms with E-state index in [1.54, 1.807) is 12.1 Å². The van der Waals surface area contributed by atoms with Crippen molar-refractivity contribution in [3.63, 3.8) is 0 Å². The van der Waals surface area contributed by atoms with Crippen LogP contribution in [0.5, 0.6) is 0 Å². The Balaban J connectivity index is 1.50. The number of H-pyrrole nitrogens is 1. The minimum atomic E-state index is -1.36. The molecule has 2 amide bonds. The van der Waals surface area contributed by atoms with Gasteiger partial charge in [-0.15, -0.1) is 0 Å². The average molecular weight is 598 g/mol. The number of fused-ring (bicyclic) bond motifs is 1. The normalized spacial score (nSPS) is 12.3. The van der Waals surface area contributed by atoms with Crippen LogP contribution in [0.4, 0.5) is 11.6 Å². The summed E-state index contributed by atoms with van der Waals surface area (Å²) >= 11 is 0. The fourth-order valence-corrected chi connectivity index (χ4v) is 4.06. The third-order valence-corrected chi connectivity index (χ3v) is 6.35. The van der Waals surface area contributed by atoms with Crippen LogP contribution in [-0.4, -0.2) is 79.1 Å². The van der Waals surface area contributed by atoms with Crippen molar-refractivity contribution in [1.29, 1.82) is 0 Å². The van der Waals surface area contributed by atoms with Gasteiger partial charge in [0.05, 0.1) is 18.4 Å². The van der Waals surface area contributed by atoms with Gasteiger partial charge in [0.25, 0.3) is 11.5 Å². The summed E-state index contributed by atoms with van der Waals surface area (Å²) in [4.78, 5) is 74.9. The van der Waals surface area contributed by atoms with Crippen molar-refractivity contribution in [1.82, 2.24) is 35.9 Å². The lowest BCUT2D eigenvalue weighted by Crippen LogP contribution is -2.44. The molecule has 2 aromatic heterocycles. The largest absolute Gasteiger partial charge is 0.480 e. The standard InChI is InChI=1S/C27H35N9O7/c1-2-29-12-4-3-5-18(25(40)41)33-20(37)11-10-19(26(42)43)34-23(38)15-6-8-16(9-7-15)30-13-17-14-31-22-21(32-17)24(39)36-27(28)35-22/h6-9,14,18-19,29-30H,2-5,10-13H2,1H3,(H,33,37)(H,34,38)(H,40,41)(H,42,43)(H3,28,31,35,36,39). The number of unbranched alkanes of at least 4 members (excludes halogenated alkanes) is 1. The van der Waals surface area contributed by atoms with Gasteiger partial charge in [-0.2, -0.15) is 4.98 Å². The Hall–Kier alpha value is -5.12. The first-order valence-electron chi connectivity index (χ1n) is 13.7. The summed E-state index contributed by atoms with van der Waals surface area (Å²) in [5.41, 5.74) is 6.42. The van der Waals surface area contributed by atoms with Gasteiger partial charge in [0.1, 0.15) is 12.1 Å². The summed E-state index contributed by atoms with van der Waals surface area (Å²) in [5.74, 6) is -3.83. The molecule has 0 saturated carbocycles. The minimum Gasteiger partial charge on any atom is -0.480 e. The maximum absolute atomic E-state index is 12.7. The van der Waals surface area contributed by atoms with Gasteiger partial charge in [-0.05, 0) is 63.0 Å². The van der Waals surface area contributed by atoms with Crippen LogP contribution in [0.15, 0.2) is 35.3 Å². The molecule has 0 aliphatic rings. The zero-order chi connectivity index (χ0) is 31.4. The monoisotopic (exact) mass is 597 g/mol. The summed E-state index contributed by atoms with van der Waals surface area (Å²) in [6.07, 6.45) is 2.54. The van der Waals surface area contributed by atoms with Crippen LogP contribution in [0.1, 0.15) is 55.1 Å². The maximum atomic E-state index is 12.7. The highest BCUT2D eigenvalue weighted by atomic mass is 16.4. The van der Waals surface area contributed by atoms with Gasteiger partial charge in [-0.3, -0.25) is 19.4 Å². The molecule has 2 unspecified atom stereocenters. The molecule has 3 aromatic rings. The van der Waals surface area contributed by atoms with Crippen molar-refractivity contribution in [2.24, 2.45) is 0 Å². The number of amides is 2. The number of aromatic amines is 1. The number of carboxylic acids is 2. The number of nitrogen functional groups attached to an aromatic ring is 1. The number of nitrogens with one attached hydrogen (secondary N) is 5. The molecule has 16 nitrogen and oxygen atoms in total. The predicted molar refractivity (Wildman–Crippen MR) is 156 cm³/mol. The summed E-state index contributed by atoms with van der Waals surface area (Å²) in [5, 5.41) is 30.0. The molecule has 0 aliphatic carbocycles. The topological polar surface area (TPSA) is 254 Å². The number of rotatable bonds is 17. The molecule has 0 fully saturated rings. The Labute approximate surface area is 245 Å². The first kappa shape index (κ1) is 32.4. The van der Waals surface area contributed by atoms with E-state index in [0.29, 0.717) is 17.8 Å². The number of anilines is 2. The van der Waals surface area contributed by atoms with Crippen LogP contribution >= 0.6 is 0 Å². The Morgan fingerprint density at radius 3 is 2.35 bits per heavy atom. The molecular weight excluding hydrogens is 562 g/mol. The highest BCUT2D eigenvalue weighted by Crippen LogP contribution is 2.12. The van der Waals surface area contributed by atoms with Crippen molar-refractivity contribution < 1.29 is 29.4 Å². The molecule has 43 heavy (non-hydrogen) atoms. The molecule has 1 aromatic carbocycles. The first-order valence-corrected chi connectivity index (χ1v) is 13.7. The molecule has 0 saturated heterocycles. The Morgan fingerprint density at radius 1 is 0.977 bits per heavy atom. The number of benzene rings is 1. The second-order valence-electron chi connectivity index (χ2n) is 9.63. The molecule has 2 heterocycles. The van der Waals surface area contributed by atoms with Gasteiger partial charge in [0.2, 0.25) is 11.9 Å². The van der Waals surface area contributed by atoms with Gasteiger partial charge in [0.15, 0.2) is 11.2 Å². The molecule has 0 bridgehead atoms. The first-order chi connectivity index (χ1) is 20.6. The predicted octanol–water partition coefficient (Wildman–Crippen LogP) is 0.220. The van der Waals surface area contributed by atoms with Gasteiger partial charge in [0, 0.05) is 17.7 Å². The number of hydrogen-bond donors (Lipinski definition) is 8.